The molecule has 0 bridgehead atoms. The van der Waals surface area contributed by atoms with Crippen LogP contribution in [0.4, 0.5) is 0 Å². The van der Waals surface area contributed by atoms with E-state index in [4.69, 9.17) is 5.11 Å². The summed E-state index contributed by atoms with van der Waals surface area (Å²) in [6, 6.07) is 6.58. The van der Waals surface area contributed by atoms with Crippen molar-refractivity contribution in [2.24, 2.45) is 0 Å². The van der Waals surface area contributed by atoms with Crippen molar-refractivity contribution < 1.29 is 18.3 Å². The molecule has 0 saturated carbocycles. The molecule has 0 aliphatic carbocycles. The first-order chi connectivity index (χ1) is 8.34. The SMILES string of the molecule is CC(C)S(=O)(=O)NCCc1ccccc1C(=O)O. The van der Waals surface area contributed by atoms with Gasteiger partial charge in [0.15, 0.2) is 0 Å². The molecule has 0 aromatic heterocycles. The van der Waals surface area contributed by atoms with Crippen LogP contribution in [-0.2, 0) is 16.4 Å². The number of hydrogen-bond acceptors (Lipinski definition) is 3. The summed E-state index contributed by atoms with van der Waals surface area (Å²) in [6.07, 6.45) is 0.356. The zero-order valence-corrected chi connectivity index (χ0v) is 11.2. The number of carbonyl (C=O) groups is 1. The molecule has 0 radical (unpaired) electrons. The molecular formula is C12H17NO4S. The molecular weight excluding hydrogens is 254 g/mol. The van der Waals surface area contributed by atoms with Crippen molar-refractivity contribution >= 4 is 16.0 Å². The number of aromatic carboxylic acids is 1. The molecule has 0 spiro atoms. The van der Waals surface area contributed by atoms with Gasteiger partial charge in [-0.2, -0.15) is 0 Å². The Balaban J connectivity index is 2.68. The van der Waals surface area contributed by atoms with Crippen LogP contribution in [0.25, 0.3) is 0 Å². The van der Waals surface area contributed by atoms with Gasteiger partial charge >= 0.3 is 5.97 Å². The minimum atomic E-state index is -3.30. The van der Waals surface area contributed by atoms with Crippen LogP contribution in [0.3, 0.4) is 0 Å². The summed E-state index contributed by atoms with van der Waals surface area (Å²) in [5, 5.41) is 8.48. The number of hydrogen-bond donors (Lipinski definition) is 2. The van der Waals surface area contributed by atoms with Gasteiger partial charge in [-0.1, -0.05) is 18.2 Å². The van der Waals surface area contributed by atoms with E-state index in [1.807, 2.05) is 0 Å². The standard InChI is InChI=1S/C12H17NO4S/c1-9(2)18(16,17)13-8-7-10-5-3-4-6-11(10)12(14)15/h3-6,9,13H,7-8H2,1-2H3,(H,14,15). The summed E-state index contributed by atoms with van der Waals surface area (Å²) < 4.78 is 25.5. The number of rotatable bonds is 6. The topological polar surface area (TPSA) is 83.5 Å². The normalized spacial score (nSPS) is 11.7. The Morgan fingerprint density at radius 2 is 1.94 bits per heavy atom. The molecule has 0 unspecified atom stereocenters. The molecule has 0 atom stereocenters. The highest BCUT2D eigenvalue weighted by atomic mass is 32.2. The van der Waals surface area contributed by atoms with Gasteiger partial charge in [-0.05, 0) is 31.9 Å². The highest BCUT2D eigenvalue weighted by Gasteiger charge is 2.15. The summed E-state index contributed by atoms with van der Waals surface area (Å²) in [5.41, 5.74) is 0.831. The van der Waals surface area contributed by atoms with Crippen LogP contribution in [0.2, 0.25) is 0 Å². The van der Waals surface area contributed by atoms with Gasteiger partial charge in [-0.25, -0.2) is 17.9 Å². The second-order valence-corrected chi connectivity index (χ2v) is 6.52. The molecule has 1 aromatic rings. The predicted molar refractivity (Wildman–Crippen MR) is 69.2 cm³/mol. The molecule has 6 heteroatoms. The van der Waals surface area contributed by atoms with Gasteiger partial charge in [0, 0.05) is 6.54 Å². The van der Waals surface area contributed by atoms with E-state index in [0.29, 0.717) is 12.0 Å². The third-order valence-corrected chi connectivity index (χ3v) is 4.41. The fourth-order valence-corrected chi connectivity index (χ4v) is 2.16. The van der Waals surface area contributed by atoms with Gasteiger partial charge < -0.3 is 5.11 Å². The Morgan fingerprint density at radius 3 is 2.50 bits per heavy atom. The molecule has 0 heterocycles. The quantitative estimate of drug-likeness (QED) is 0.815. The Hall–Kier alpha value is -1.40. The van der Waals surface area contributed by atoms with E-state index in [0.717, 1.165) is 0 Å². The maximum atomic E-state index is 11.5. The first kappa shape index (κ1) is 14.7. The van der Waals surface area contributed by atoms with Gasteiger partial charge in [0.25, 0.3) is 0 Å². The van der Waals surface area contributed by atoms with Crippen LogP contribution in [-0.4, -0.2) is 31.3 Å². The van der Waals surface area contributed by atoms with Crippen molar-refractivity contribution in [2.75, 3.05) is 6.54 Å². The molecule has 0 amide bonds. The van der Waals surface area contributed by atoms with E-state index in [-0.39, 0.29) is 12.1 Å². The molecule has 1 rings (SSSR count). The average molecular weight is 271 g/mol. The molecule has 0 fully saturated rings. The second kappa shape index (κ2) is 5.97. The van der Waals surface area contributed by atoms with E-state index in [1.54, 1.807) is 32.0 Å². The lowest BCUT2D eigenvalue weighted by atomic mass is 10.1. The minimum Gasteiger partial charge on any atom is -0.478 e. The summed E-state index contributed by atoms with van der Waals surface area (Å²) in [7, 11) is -3.30. The smallest absolute Gasteiger partial charge is 0.335 e. The van der Waals surface area contributed by atoms with Crippen molar-refractivity contribution in [3.8, 4) is 0 Å². The number of nitrogens with one attached hydrogen (secondary N) is 1. The van der Waals surface area contributed by atoms with E-state index < -0.39 is 21.2 Å². The van der Waals surface area contributed by atoms with Gasteiger partial charge in [0.2, 0.25) is 10.0 Å². The van der Waals surface area contributed by atoms with E-state index in [9.17, 15) is 13.2 Å². The minimum absolute atomic E-state index is 0.199. The summed E-state index contributed by atoms with van der Waals surface area (Å²) in [4.78, 5) is 11.0. The van der Waals surface area contributed by atoms with Crippen molar-refractivity contribution in [2.45, 2.75) is 25.5 Å². The molecule has 0 aliphatic heterocycles. The Labute approximate surface area is 107 Å². The van der Waals surface area contributed by atoms with Crippen LogP contribution in [0, 0.1) is 0 Å². The Kier molecular flexibility index (Phi) is 4.86. The molecule has 18 heavy (non-hydrogen) atoms. The first-order valence-electron chi connectivity index (χ1n) is 5.64. The van der Waals surface area contributed by atoms with Crippen LogP contribution < -0.4 is 4.72 Å². The molecule has 100 valence electrons. The van der Waals surface area contributed by atoms with Crippen LogP contribution in [0.1, 0.15) is 29.8 Å². The van der Waals surface area contributed by atoms with Crippen LogP contribution in [0.15, 0.2) is 24.3 Å². The fraction of sp³-hybridized carbons (Fsp3) is 0.417. The van der Waals surface area contributed by atoms with Gasteiger partial charge in [0.1, 0.15) is 0 Å². The summed E-state index contributed by atoms with van der Waals surface area (Å²) >= 11 is 0. The third-order valence-electron chi connectivity index (χ3n) is 2.57. The lowest BCUT2D eigenvalue weighted by molar-refractivity contribution is 0.0695. The molecule has 5 nitrogen and oxygen atoms in total. The zero-order chi connectivity index (χ0) is 13.8. The maximum Gasteiger partial charge on any atom is 0.335 e. The van der Waals surface area contributed by atoms with Gasteiger partial charge in [-0.15, -0.1) is 0 Å². The van der Waals surface area contributed by atoms with E-state index in [1.165, 1.54) is 6.07 Å². The monoisotopic (exact) mass is 271 g/mol. The summed E-state index contributed by atoms with van der Waals surface area (Å²) in [5.74, 6) is -1.00. The molecule has 1 aromatic carbocycles. The lowest BCUT2D eigenvalue weighted by Crippen LogP contribution is -2.32. The highest BCUT2D eigenvalue weighted by molar-refractivity contribution is 7.90. The van der Waals surface area contributed by atoms with Crippen molar-refractivity contribution in [1.82, 2.24) is 4.72 Å². The van der Waals surface area contributed by atoms with Crippen LogP contribution >= 0.6 is 0 Å². The van der Waals surface area contributed by atoms with Crippen molar-refractivity contribution in [3.05, 3.63) is 35.4 Å². The fourth-order valence-electron chi connectivity index (χ4n) is 1.44. The Morgan fingerprint density at radius 1 is 1.33 bits per heavy atom. The molecule has 2 N–H and O–H groups in total. The van der Waals surface area contributed by atoms with E-state index >= 15 is 0 Å². The highest BCUT2D eigenvalue weighted by Crippen LogP contribution is 2.09. The van der Waals surface area contributed by atoms with Gasteiger partial charge in [0.05, 0.1) is 10.8 Å². The Bertz CT molecular complexity index is 523. The molecule has 0 aliphatic rings. The third kappa shape index (κ3) is 3.82. The van der Waals surface area contributed by atoms with Crippen molar-refractivity contribution in [3.63, 3.8) is 0 Å². The first-order valence-corrected chi connectivity index (χ1v) is 7.19. The lowest BCUT2D eigenvalue weighted by Gasteiger charge is -2.10. The predicted octanol–water partition coefficient (Wildman–Crippen LogP) is 1.26. The van der Waals surface area contributed by atoms with E-state index in [2.05, 4.69) is 4.72 Å². The summed E-state index contributed by atoms with van der Waals surface area (Å²) in [6.45, 7) is 3.38. The largest absolute Gasteiger partial charge is 0.478 e. The maximum absolute atomic E-state index is 11.5. The van der Waals surface area contributed by atoms with Crippen LogP contribution in [0.5, 0.6) is 0 Å². The second-order valence-electron chi connectivity index (χ2n) is 4.20. The zero-order valence-electron chi connectivity index (χ0n) is 10.4. The number of benzene rings is 1. The van der Waals surface area contributed by atoms with Gasteiger partial charge in [-0.3, -0.25) is 0 Å². The number of carboxylic acid groups (broad SMARTS) is 1. The molecule has 0 saturated heterocycles. The average Bonchev–Trinajstić information content (AvgIpc) is 2.29. The van der Waals surface area contributed by atoms with Crippen molar-refractivity contribution in [1.29, 1.82) is 0 Å². The number of carboxylic acids is 1. The number of sulfonamides is 1.